The van der Waals surface area contributed by atoms with Gasteiger partial charge in [0.2, 0.25) is 0 Å². The van der Waals surface area contributed by atoms with Crippen molar-refractivity contribution >= 4 is 5.69 Å². The molecule has 0 saturated carbocycles. The lowest BCUT2D eigenvalue weighted by Crippen LogP contribution is -2.39. The Labute approximate surface area is 104 Å². The SMILES string of the molecule is COc1cccc(N(C)CC(CN)C(F)(F)F)c1. The summed E-state index contributed by atoms with van der Waals surface area (Å²) in [7, 11) is 3.11. The number of anilines is 1. The number of ether oxygens (including phenoxy) is 1. The summed E-state index contributed by atoms with van der Waals surface area (Å²) in [4.78, 5) is 1.52. The fraction of sp³-hybridized carbons (Fsp3) is 0.500. The molecule has 0 aromatic heterocycles. The van der Waals surface area contributed by atoms with Crippen LogP contribution in [0.5, 0.6) is 5.75 Å². The second-order valence-corrected chi connectivity index (χ2v) is 4.06. The minimum atomic E-state index is -4.28. The first-order chi connectivity index (χ1) is 8.38. The first-order valence-corrected chi connectivity index (χ1v) is 5.50. The summed E-state index contributed by atoms with van der Waals surface area (Å²) in [5.74, 6) is -0.927. The van der Waals surface area contributed by atoms with Gasteiger partial charge in [-0.05, 0) is 12.1 Å². The Kier molecular flexibility index (Phi) is 4.84. The molecule has 0 aliphatic rings. The Morgan fingerprint density at radius 2 is 2.06 bits per heavy atom. The van der Waals surface area contributed by atoms with Crippen molar-refractivity contribution in [2.45, 2.75) is 6.18 Å². The molecule has 1 rings (SSSR count). The van der Waals surface area contributed by atoms with E-state index >= 15 is 0 Å². The molecule has 0 aliphatic carbocycles. The van der Waals surface area contributed by atoms with E-state index in [2.05, 4.69) is 0 Å². The highest BCUT2D eigenvalue weighted by molar-refractivity contribution is 5.50. The summed E-state index contributed by atoms with van der Waals surface area (Å²) in [6.45, 7) is -0.592. The van der Waals surface area contributed by atoms with Gasteiger partial charge in [0, 0.05) is 31.9 Å². The molecule has 3 nitrogen and oxygen atoms in total. The molecule has 0 heterocycles. The molecule has 0 saturated heterocycles. The molecule has 1 atom stereocenters. The van der Waals surface area contributed by atoms with Crippen molar-refractivity contribution in [3.05, 3.63) is 24.3 Å². The molecule has 6 heteroatoms. The highest BCUT2D eigenvalue weighted by atomic mass is 19.4. The highest BCUT2D eigenvalue weighted by Crippen LogP contribution is 2.28. The molecule has 1 aromatic carbocycles. The van der Waals surface area contributed by atoms with Crippen LogP contribution in [0.1, 0.15) is 0 Å². The summed E-state index contributed by atoms with van der Waals surface area (Å²) < 4.78 is 42.9. The Balaban J connectivity index is 2.77. The lowest BCUT2D eigenvalue weighted by Gasteiger charge is -2.26. The molecule has 0 fully saturated rings. The van der Waals surface area contributed by atoms with E-state index in [9.17, 15) is 13.2 Å². The van der Waals surface area contributed by atoms with Crippen molar-refractivity contribution in [1.29, 1.82) is 0 Å². The third kappa shape index (κ3) is 3.80. The second kappa shape index (κ2) is 5.95. The predicted octanol–water partition coefficient (Wildman–Crippen LogP) is 2.27. The van der Waals surface area contributed by atoms with E-state index in [0.717, 1.165) is 0 Å². The summed E-state index contributed by atoms with van der Waals surface area (Å²) in [5.41, 5.74) is 5.83. The zero-order chi connectivity index (χ0) is 13.8. The topological polar surface area (TPSA) is 38.5 Å². The van der Waals surface area contributed by atoms with Gasteiger partial charge in [0.1, 0.15) is 5.75 Å². The first kappa shape index (κ1) is 14.6. The maximum Gasteiger partial charge on any atom is 0.394 e. The van der Waals surface area contributed by atoms with Crippen LogP contribution in [0.3, 0.4) is 0 Å². The van der Waals surface area contributed by atoms with Crippen molar-refractivity contribution in [1.82, 2.24) is 0 Å². The van der Waals surface area contributed by atoms with Crippen LogP contribution in [-0.4, -0.2) is 33.4 Å². The van der Waals surface area contributed by atoms with Crippen molar-refractivity contribution in [3.63, 3.8) is 0 Å². The molecule has 1 unspecified atom stereocenters. The number of halogens is 3. The minimum absolute atomic E-state index is 0.173. The number of hydrogen-bond acceptors (Lipinski definition) is 3. The molecule has 0 spiro atoms. The van der Waals surface area contributed by atoms with E-state index in [-0.39, 0.29) is 6.54 Å². The van der Waals surface area contributed by atoms with Crippen LogP contribution in [0, 0.1) is 5.92 Å². The molecular weight excluding hydrogens is 245 g/mol. The Morgan fingerprint density at radius 3 is 2.56 bits per heavy atom. The van der Waals surface area contributed by atoms with Crippen LogP contribution in [0.4, 0.5) is 18.9 Å². The standard InChI is InChI=1S/C12H17F3N2O/c1-17(8-9(7-16)12(13,14)15)10-4-3-5-11(6-10)18-2/h3-6,9H,7-8,16H2,1-2H3. The molecule has 102 valence electrons. The normalized spacial score (nSPS) is 13.2. The van der Waals surface area contributed by atoms with Crippen molar-refractivity contribution < 1.29 is 17.9 Å². The van der Waals surface area contributed by atoms with Gasteiger partial charge in [-0.15, -0.1) is 0 Å². The molecule has 2 N–H and O–H groups in total. The van der Waals surface area contributed by atoms with Gasteiger partial charge < -0.3 is 15.4 Å². The van der Waals surface area contributed by atoms with Crippen LogP contribution in [0.2, 0.25) is 0 Å². The highest BCUT2D eigenvalue weighted by Gasteiger charge is 2.39. The summed E-state index contributed by atoms with van der Waals surface area (Å²) in [5, 5.41) is 0. The molecule has 1 aromatic rings. The summed E-state index contributed by atoms with van der Waals surface area (Å²) >= 11 is 0. The third-order valence-electron chi connectivity index (χ3n) is 2.74. The average molecular weight is 262 g/mol. The number of rotatable bonds is 5. The van der Waals surface area contributed by atoms with Gasteiger partial charge in [-0.3, -0.25) is 0 Å². The molecule has 0 radical (unpaired) electrons. The first-order valence-electron chi connectivity index (χ1n) is 5.50. The van der Waals surface area contributed by atoms with Crippen LogP contribution < -0.4 is 15.4 Å². The van der Waals surface area contributed by atoms with Crippen molar-refractivity contribution in [2.24, 2.45) is 11.7 Å². The Morgan fingerprint density at radius 1 is 1.39 bits per heavy atom. The van der Waals surface area contributed by atoms with Crippen LogP contribution in [0.15, 0.2) is 24.3 Å². The number of alkyl halides is 3. The number of benzene rings is 1. The Hall–Kier alpha value is -1.43. The van der Waals surface area contributed by atoms with E-state index in [1.54, 1.807) is 31.3 Å². The van der Waals surface area contributed by atoms with Crippen LogP contribution >= 0.6 is 0 Å². The van der Waals surface area contributed by atoms with Crippen LogP contribution in [-0.2, 0) is 0 Å². The molecule has 0 amide bonds. The average Bonchev–Trinajstić information content (AvgIpc) is 2.34. The molecule has 18 heavy (non-hydrogen) atoms. The van der Waals surface area contributed by atoms with Gasteiger partial charge in [0.05, 0.1) is 13.0 Å². The second-order valence-electron chi connectivity index (χ2n) is 4.06. The van der Waals surface area contributed by atoms with E-state index in [1.165, 1.54) is 12.0 Å². The van der Waals surface area contributed by atoms with E-state index in [1.807, 2.05) is 0 Å². The van der Waals surface area contributed by atoms with Gasteiger partial charge in [0.15, 0.2) is 0 Å². The summed E-state index contributed by atoms with van der Waals surface area (Å²) in [6.07, 6.45) is -4.28. The van der Waals surface area contributed by atoms with Gasteiger partial charge in [-0.25, -0.2) is 0 Å². The van der Waals surface area contributed by atoms with E-state index in [4.69, 9.17) is 10.5 Å². The fourth-order valence-electron chi connectivity index (χ4n) is 1.60. The monoisotopic (exact) mass is 262 g/mol. The molecule has 0 bridgehead atoms. The van der Waals surface area contributed by atoms with Gasteiger partial charge in [0.25, 0.3) is 0 Å². The largest absolute Gasteiger partial charge is 0.497 e. The predicted molar refractivity (Wildman–Crippen MR) is 64.9 cm³/mol. The minimum Gasteiger partial charge on any atom is -0.497 e. The smallest absolute Gasteiger partial charge is 0.394 e. The zero-order valence-electron chi connectivity index (χ0n) is 10.4. The van der Waals surface area contributed by atoms with Gasteiger partial charge >= 0.3 is 6.18 Å². The van der Waals surface area contributed by atoms with Crippen molar-refractivity contribution in [2.75, 3.05) is 32.1 Å². The number of hydrogen-bond donors (Lipinski definition) is 1. The fourth-order valence-corrected chi connectivity index (χ4v) is 1.60. The zero-order valence-corrected chi connectivity index (χ0v) is 10.4. The number of nitrogens with zero attached hydrogens (tertiary/aromatic N) is 1. The Bertz CT molecular complexity index is 382. The lowest BCUT2D eigenvalue weighted by atomic mass is 10.1. The van der Waals surface area contributed by atoms with Crippen LogP contribution in [0.25, 0.3) is 0 Å². The lowest BCUT2D eigenvalue weighted by molar-refractivity contribution is -0.168. The maximum atomic E-state index is 12.6. The number of nitrogens with two attached hydrogens (primary N) is 1. The quantitative estimate of drug-likeness (QED) is 0.884. The summed E-state index contributed by atoms with van der Waals surface area (Å²) in [6, 6.07) is 6.88. The van der Waals surface area contributed by atoms with Gasteiger partial charge in [-0.1, -0.05) is 6.07 Å². The van der Waals surface area contributed by atoms with Crippen molar-refractivity contribution in [3.8, 4) is 5.75 Å². The third-order valence-corrected chi connectivity index (χ3v) is 2.74. The number of methoxy groups -OCH3 is 1. The molecular formula is C12H17F3N2O. The van der Waals surface area contributed by atoms with E-state index < -0.39 is 18.6 Å². The molecule has 0 aliphatic heterocycles. The van der Waals surface area contributed by atoms with E-state index in [0.29, 0.717) is 11.4 Å². The van der Waals surface area contributed by atoms with Gasteiger partial charge in [-0.2, -0.15) is 13.2 Å². The maximum absolute atomic E-state index is 12.6.